The third kappa shape index (κ3) is 7.80. The Bertz CT molecular complexity index is 974. The van der Waals surface area contributed by atoms with Gasteiger partial charge in [0, 0.05) is 36.6 Å². The molecule has 0 spiro atoms. The van der Waals surface area contributed by atoms with E-state index in [2.05, 4.69) is 30.4 Å². The van der Waals surface area contributed by atoms with Crippen LogP contribution < -0.4 is 20.1 Å². The van der Waals surface area contributed by atoms with E-state index in [0.717, 1.165) is 74.7 Å². The summed E-state index contributed by atoms with van der Waals surface area (Å²) in [7, 11) is 1.66. The second kappa shape index (κ2) is 13.4. The fraction of sp³-hybridized carbons (Fsp3) is 0.593. The zero-order chi connectivity index (χ0) is 25.2. The number of carbonyl (C=O) groups excluding carboxylic acids is 1. The maximum Gasteiger partial charge on any atom is 0.229 e. The minimum Gasteiger partial charge on any atom is -0.493 e. The maximum atomic E-state index is 10.7. The molecular formula is C27H40N6O3. The number of nitrogens with one attached hydrogen (secondary N) is 2. The number of hydrogen-bond donors (Lipinski definition) is 2. The van der Waals surface area contributed by atoms with Crippen molar-refractivity contribution in [3.63, 3.8) is 0 Å². The molecule has 0 unspecified atom stereocenters. The Labute approximate surface area is 214 Å². The van der Waals surface area contributed by atoms with Crippen LogP contribution in [0.3, 0.4) is 0 Å². The molecule has 196 valence electrons. The summed E-state index contributed by atoms with van der Waals surface area (Å²) in [5.74, 6) is 3.37. The minimum atomic E-state index is 0.539. The van der Waals surface area contributed by atoms with E-state index in [4.69, 9.17) is 9.47 Å². The Morgan fingerprint density at radius 3 is 2.61 bits per heavy atom. The molecule has 4 rings (SSSR count). The van der Waals surface area contributed by atoms with Crippen LogP contribution in [0.1, 0.15) is 37.8 Å². The molecule has 36 heavy (non-hydrogen) atoms. The van der Waals surface area contributed by atoms with E-state index in [9.17, 15) is 4.79 Å². The lowest BCUT2D eigenvalue weighted by atomic mass is 9.97. The molecule has 0 amide bonds. The van der Waals surface area contributed by atoms with Crippen molar-refractivity contribution in [1.82, 2.24) is 19.8 Å². The smallest absolute Gasteiger partial charge is 0.229 e. The number of piperidine rings is 1. The van der Waals surface area contributed by atoms with Crippen molar-refractivity contribution in [2.75, 3.05) is 70.2 Å². The first-order chi connectivity index (χ1) is 17.6. The number of likely N-dealkylation sites (tertiary alicyclic amines) is 2. The van der Waals surface area contributed by atoms with Crippen LogP contribution in [-0.4, -0.2) is 85.6 Å². The van der Waals surface area contributed by atoms with E-state index in [0.29, 0.717) is 30.8 Å². The molecule has 9 heteroatoms. The van der Waals surface area contributed by atoms with E-state index in [1.807, 2.05) is 31.2 Å². The van der Waals surface area contributed by atoms with Gasteiger partial charge >= 0.3 is 0 Å². The molecule has 2 saturated heterocycles. The molecule has 2 fully saturated rings. The number of methoxy groups -OCH3 is 1. The number of aromatic nitrogens is 2. The summed E-state index contributed by atoms with van der Waals surface area (Å²) in [4.78, 5) is 24.7. The molecule has 0 aliphatic carbocycles. The number of rotatable bonds is 13. The van der Waals surface area contributed by atoms with Crippen LogP contribution in [0.25, 0.3) is 0 Å². The number of ether oxygens (including phenoxy) is 2. The van der Waals surface area contributed by atoms with Gasteiger partial charge < -0.3 is 29.8 Å². The Balaban J connectivity index is 1.31. The molecule has 0 atom stereocenters. The standard InChI is InChI=1S/C27H40N6O3/c1-21-18-26(28-20-22-8-13-33(14-9-22)15-16-34)31-27(29-21)30-23-6-7-24(35-2)25(19-23)36-17-5-12-32-10-3-4-11-32/h6-7,16,18-19,22H,3-5,8-15,17,20H2,1-2H3,(H2,28,29,30,31). The van der Waals surface area contributed by atoms with E-state index in [1.165, 1.54) is 25.9 Å². The quantitative estimate of drug-likeness (QED) is 0.318. The predicted molar refractivity (Wildman–Crippen MR) is 143 cm³/mol. The van der Waals surface area contributed by atoms with Crippen LogP contribution in [-0.2, 0) is 4.79 Å². The number of nitrogens with zero attached hydrogens (tertiary/aromatic N) is 4. The molecule has 2 N–H and O–H groups in total. The highest BCUT2D eigenvalue weighted by atomic mass is 16.5. The summed E-state index contributed by atoms with van der Waals surface area (Å²) in [6.07, 6.45) is 6.77. The van der Waals surface area contributed by atoms with E-state index in [1.54, 1.807) is 7.11 Å². The van der Waals surface area contributed by atoms with Crippen molar-refractivity contribution in [3.8, 4) is 11.5 Å². The minimum absolute atomic E-state index is 0.539. The number of aldehydes is 1. The van der Waals surface area contributed by atoms with Gasteiger partial charge in [0.1, 0.15) is 12.1 Å². The van der Waals surface area contributed by atoms with Gasteiger partial charge in [-0.3, -0.25) is 4.90 Å². The third-order valence-corrected chi connectivity index (χ3v) is 6.96. The van der Waals surface area contributed by atoms with Gasteiger partial charge in [0.25, 0.3) is 0 Å². The summed E-state index contributed by atoms with van der Waals surface area (Å²) in [5.41, 5.74) is 1.74. The molecule has 2 aliphatic heterocycles. The van der Waals surface area contributed by atoms with Crippen LogP contribution in [0.5, 0.6) is 11.5 Å². The number of carbonyl (C=O) groups is 1. The number of hydrogen-bond acceptors (Lipinski definition) is 9. The first-order valence-corrected chi connectivity index (χ1v) is 13.2. The molecule has 9 nitrogen and oxygen atoms in total. The average Bonchev–Trinajstić information content (AvgIpc) is 3.40. The van der Waals surface area contributed by atoms with Gasteiger partial charge in [-0.25, -0.2) is 4.98 Å². The van der Waals surface area contributed by atoms with E-state index < -0.39 is 0 Å². The van der Waals surface area contributed by atoms with Gasteiger partial charge in [0.2, 0.25) is 5.95 Å². The Morgan fingerprint density at radius 2 is 1.86 bits per heavy atom. The monoisotopic (exact) mass is 496 g/mol. The second-order valence-corrected chi connectivity index (χ2v) is 9.75. The molecule has 1 aromatic carbocycles. The summed E-state index contributed by atoms with van der Waals surface area (Å²) < 4.78 is 11.6. The van der Waals surface area contributed by atoms with Gasteiger partial charge in [-0.1, -0.05) is 0 Å². The topological polar surface area (TPSA) is 91.9 Å². The summed E-state index contributed by atoms with van der Waals surface area (Å²) in [5, 5.41) is 6.81. The van der Waals surface area contributed by atoms with E-state index in [-0.39, 0.29) is 0 Å². The molecular weight excluding hydrogens is 456 g/mol. The van der Waals surface area contributed by atoms with Crippen LogP contribution in [0.2, 0.25) is 0 Å². The Morgan fingerprint density at radius 1 is 1.06 bits per heavy atom. The van der Waals surface area contributed by atoms with Gasteiger partial charge in [-0.05, 0) is 83.3 Å². The molecule has 1 aromatic heterocycles. The predicted octanol–water partition coefficient (Wildman–Crippen LogP) is 3.72. The van der Waals surface area contributed by atoms with Gasteiger partial charge in [-0.2, -0.15) is 4.98 Å². The average molecular weight is 497 g/mol. The highest BCUT2D eigenvalue weighted by molar-refractivity contribution is 5.60. The Kier molecular flexibility index (Phi) is 9.75. The lowest BCUT2D eigenvalue weighted by Crippen LogP contribution is -2.36. The van der Waals surface area contributed by atoms with E-state index >= 15 is 0 Å². The summed E-state index contributed by atoms with van der Waals surface area (Å²) in [6.45, 7) is 9.46. The number of aryl methyl sites for hydroxylation is 1. The summed E-state index contributed by atoms with van der Waals surface area (Å²) >= 11 is 0. The van der Waals surface area contributed by atoms with Crippen molar-refractivity contribution in [1.29, 1.82) is 0 Å². The summed E-state index contributed by atoms with van der Waals surface area (Å²) in [6, 6.07) is 7.77. The fourth-order valence-electron chi connectivity index (χ4n) is 4.92. The first kappa shape index (κ1) is 26.2. The fourth-order valence-corrected chi connectivity index (χ4v) is 4.92. The lowest BCUT2D eigenvalue weighted by Gasteiger charge is -2.30. The third-order valence-electron chi connectivity index (χ3n) is 6.96. The maximum absolute atomic E-state index is 10.7. The zero-order valence-corrected chi connectivity index (χ0v) is 21.7. The van der Waals surface area contributed by atoms with Crippen molar-refractivity contribution >= 4 is 23.7 Å². The van der Waals surface area contributed by atoms with Gasteiger partial charge in [0.15, 0.2) is 11.5 Å². The normalized spacial score (nSPS) is 17.2. The van der Waals surface area contributed by atoms with Crippen LogP contribution in [0.15, 0.2) is 24.3 Å². The van der Waals surface area contributed by atoms with Crippen LogP contribution >= 0.6 is 0 Å². The molecule has 2 aliphatic rings. The van der Waals surface area contributed by atoms with Crippen molar-refractivity contribution in [3.05, 3.63) is 30.0 Å². The zero-order valence-electron chi connectivity index (χ0n) is 21.7. The lowest BCUT2D eigenvalue weighted by molar-refractivity contribution is -0.109. The molecule has 0 radical (unpaired) electrons. The van der Waals surface area contributed by atoms with Gasteiger partial charge in [-0.15, -0.1) is 0 Å². The number of anilines is 3. The van der Waals surface area contributed by atoms with Crippen molar-refractivity contribution in [2.45, 2.75) is 39.0 Å². The van der Waals surface area contributed by atoms with Crippen LogP contribution in [0, 0.1) is 12.8 Å². The molecule has 3 heterocycles. The molecule has 0 saturated carbocycles. The Hall–Kier alpha value is -2.91. The number of benzene rings is 1. The first-order valence-electron chi connectivity index (χ1n) is 13.2. The SMILES string of the molecule is COc1ccc(Nc2nc(C)cc(NCC3CCN(CC=O)CC3)n2)cc1OCCCN1CCCC1. The van der Waals surface area contributed by atoms with Crippen molar-refractivity contribution < 1.29 is 14.3 Å². The highest BCUT2D eigenvalue weighted by Gasteiger charge is 2.19. The van der Waals surface area contributed by atoms with Crippen molar-refractivity contribution in [2.24, 2.45) is 5.92 Å². The largest absolute Gasteiger partial charge is 0.493 e. The molecule has 2 aromatic rings. The highest BCUT2D eigenvalue weighted by Crippen LogP contribution is 2.31. The van der Waals surface area contributed by atoms with Crippen LogP contribution in [0.4, 0.5) is 17.5 Å². The van der Waals surface area contributed by atoms with Gasteiger partial charge in [0.05, 0.1) is 20.3 Å². The molecule has 0 bridgehead atoms. The second-order valence-electron chi connectivity index (χ2n) is 9.75.